The van der Waals surface area contributed by atoms with Gasteiger partial charge in [-0.1, -0.05) is 24.3 Å². The van der Waals surface area contributed by atoms with E-state index in [4.69, 9.17) is 5.11 Å². The van der Waals surface area contributed by atoms with E-state index in [-0.39, 0.29) is 16.1 Å². The Morgan fingerprint density at radius 2 is 1.75 bits per heavy atom. The molecule has 6 heteroatoms. The maximum atomic E-state index is 12.1. The Labute approximate surface area is 116 Å². The molecule has 0 saturated heterocycles. The van der Waals surface area contributed by atoms with Crippen LogP contribution in [-0.2, 0) is 10.0 Å². The molecule has 0 aromatic heterocycles. The van der Waals surface area contributed by atoms with Crippen molar-refractivity contribution in [1.82, 2.24) is 0 Å². The van der Waals surface area contributed by atoms with Gasteiger partial charge in [-0.3, -0.25) is 4.72 Å². The first-order chi connectivity index (χ1) is 9.40. The van der Waals surface area contributed by atoms with E-state index in [0.717, 1.165) is 0 Å². The number of hydrogen-bond acceptors (Lipinski definition) is 3. The second kappa shape index (κ2) is 5.34. The van der Waals surface area contributed by atoms with Gasteiger partial charge < -0.3 is 5.11 Å². The largest absolute Gasteiger partial charge is 0.478 e. The molecular weight excluding hydrogens is 278 g/mol. The van der Waals surface area contributed by atoms with Crippen LogP contribution in [0, 0.1) is 6.92 Å². The van der Waals surface area contributed by atoms with Gasteiger partial charge in [0.15, 0.2) is 0 Å². The maximum Gasteiger partial charge on any atom is 0.336 e. The van der Waals surface area contributed by atoms with Crippen LogP contribution < -0.4 is 4.72 Å². The Hall–Kier alpha value is -2.34. The Kier molecular flexibility index (Phi) is 3.76. The van der Waals surface area contributed by atoms with Crippen molar-refractivity contribution in [3.8, 4) is 0 Å². The van der Waals surface area contributed by atoms with Crippen LogP contribution in [0.2, 0.25) is 0 Å². The minimum atomic E-state index is -3.71. The first-order valence-electron chi connectivity index (χ1n) is 5.82. The smallest absolute Gasteiger partial charge is 0.336 e. The summed E-state index contributed by atoms with van der Waals surface area (Å²) in [7, 11) is -3.71. The lowest BCUT2D eigenvalue weighted by Gasteiger charge is -2.09. The fraction of sp³-hybridized carbons (Fsp3) is 0.0714. The molecule has 0 unspecified atom stereocenters. The van der Waals surface area contributed by atoms with E-state index in [1.807, 2.05) is 0 Å². The van der Waals surface area contributed by atoms with Crippen molar-refractivity contribution in [1.29, 1.82) is 0 Å². The topological polar surface area (TPSA) is 83.5 Å². The first-order valence-corrected chi connectivity index (χ1v) is 7.30. The predicted molar refractivity (Wildman–Crippen MR) is 75.4 cm³/mol. The molecule has 0 aliphatic carbocycles. The summed E-state index contributed by atoms with van der Waals surface area (Å²) in [4.78, 5) is 11.2. The van der Waals surface area contributed by atoms with Crippen LogP contribution in [0.4, 0.5) is 5.69 Å². The molecule has 5 nitrogen and oxygen atoms in total. The third kappa shape index (κ3) is 2.97. The van der Waals surface area contributed by atoms with E-state index in [9.17, 15) is 13.2 Å². The van der Waals surface area contributed by atoms with Gasteiger partial charge in [0, 0.05) is 5.69 Å². The van der Waals surface area contributed by atoms with E-state index in [2.05, 4.69) is 4.72 Å². The minimum absolute atomic E-state index is 0.0678. The van der Waals surface area contributed by atoms with Crippen molar-refractivity contribution < 1.29 is 18.3 Å². The monoisotopic (exact) mass is 291 g/mol. The third-order valence-corrected chi connectivity index (χ3v) is 4.17. The molecule has 0 amide bonds. The van der Waals surface area contributed by atoms with Gasteiger partial charge in [0.2, 0.25) is 0 Å². The fourth-order valence-electron chi connectivity index (χ4n) is 1.73. The summed E-state index contributed by atoms with van der Waals surface area (Å²) in [6.45, 7) is 1.65. The molecule has 104 valence electrons. The van der Waals surface area contributed by atoms with Gasteiger partial charge in [0.1, 0.15) is 0 Å². The van der Waals surface area contributed by atoms with E-state index < -0.39 is 16.0 Å². The van der Waals surface area contributed by atoms with Gasteiger partial charge in [0.25, 0.3) is 10.0 Å². The Bertz CT molecular complexity index is 739. The van der Waals surface area contributed by atoms with Gasteiger partial charge in [-0.2, -0.15) is 0 Å². The average molecular weight is 291 g/mol. The number of rotatable bonds is 4. The van der Waals surface area contributed by atoms with Crippen LogP contribution in [0.15, 0.2) is 53.4 Å². The van der Waals surface area contributed by atoms with Gasteiger partial charge in [-0.25, -0.2) is 13.2 Å². The van der Waals surface area contributed by atoms with E-state index >= 15 is 0 Å². The normalized spacial score (nSPS) is 11.1. The number of anilines is 1. The van der Waals surface area contributed by atoms with Crippen LogP contribution in [0.3, 0.4) is 0 Å². The van der Waals surface area contributed by atoms with Crippen molar-refractivity contribution in [2.75, 3.05) is 4.72 Å². The lowest BCUT2D eigenvalue weighted by molar-refractivity contribution is 0.0696. The number of hydrogen-bond donors (Lipinski definition) is 2. The number of carboxylic acids is 1. The number of aromatic carboxylic acids is 1. The Balaban J connectivity index is 2.36. The van der Waals surface area contributed by atoms with Crippen LogP contribution in [0.1, 0.15) is 15.9 Å². The minimum Gasteiger partial charge on any atom is -0.478 e. The standard InChI is InChI=1S/C14H13NO4S/c1-10-7-8-11(9-13(10)14(16)17)15-20(18,19)12-5-3-2-4-6-12/h2-9,15H,1H3,(H,16,17). The lowest BCUT2D eigenvalue weighted by Crippen LogP contribution is -2.13. The van der Waals surface area contributed by atoms with Crippen LogP contribution in [0.25, 0.3) is 0 Å². The molecule has 0 spiro atoms. The molecule has 0 radical (unpaired) electrons. The molecule has 0 heterocycles. The molecule has 20 heavy (non-hydrogen) atoms. The van der Waals surface area contributed by atoms with Crippen molar-refractivity contribution in [3.05, 3.63) is 59.7 Å². The summed E-state index contributed by atoms with van der Waals surface area (Å²) < 4.78 is 26.6. The molecule has 2 aromatic carbocycles. The van der Waals surface area contributed by atoms with Crippen molar-refractivity contribution in [3.63, 3.8) is 0 Å². The average Bonchev–Trinajstić information content (AvgIpc) is 2.41. The Morgan fingerprint density at radius 1 is 1.10 bits per heavy atom. The first kappa shape index (κ1) is 14.1. The van der Waals surface area contributed by atoms with Gasteiger partial charge >= 0.3 is 5.97 Å². The Morgan fingerprint density at radius 3 is 2.35 bits per heavy atom. The van der Waals surface area contributed by atoms with E-state index in [1.165, 1.54) is 24.3 Å². The van der Waals surface area contributed by atoms with E-state index in [1.54, 1.807) is 31.2 Å². The number of carbonyl (C=O) groups is 1. The number of aryl methyl sites for hydroxylation is 1. The molecule has 0 fully saturated rings. The quantitative estimate of drug-likeness (QED) is 0.906. The van der Waals surface area contributed by atoms with Crippen molar-refractivity contribution in [2.24, 2.45) is 0 Å². The predicted octanol–water partition coefficient (Wildman–Crippen LogP) is 2.49. The number of nitrogens with one attached hydrogen (secondary N) is 1. The summed E-state index contributed by atoms with van der Waals surface area (Å²) in [6.07, 6.45) is 0. The highest BCUT2D eigenvalue weighted by Crippen LogP contribution is 2.19. The highest BCUT2D eigenvalue weighted by Gasteiger charge is 2.15. The van der Waals surface area contributed by atoms with Gasteiger partial charge in [-0.15, -0.1) is 0 Å². The maximum absolute atomic E-state index is 12.1. The summed E-state index contributed by atoms with van der Waals surface area (Å²) in [6, 6.07) is 12.3. The fourth-order valence-corrected chi connectivity index (χ4v) is 2.80. The van der Waals surface area contributed by atoms with Crippen molar-refractivity contribution >= 4 is 21.7 Å². The zero-order chi connectivity index (χ0) is 14.8. The van der Waals surface area contributed by atoms with Crippen LogP contribution in [0.5, 0.6) is 0 Å². The summed E-state index contributed by atoms with van der Waals surface area (Å²) >= 11 is 0. The SMILES string of the molecule is Cc1ccc(NS(=O)(=O)c2ccccc2)cc1C(=O)O. The number of carboxylic acid groups (broad SMARTS) is 1. The molecule has 2 N–H and O–H groups in total. The van der Waals surface area contributed by atoms with Gasteiger partial charge in [0.05, 0.1) is 10.5 Å². The molecule has 0 aliphatic heterocycles. The summed E-state index contributed by atoms with van der Waals surface area (Å²) in [5.41, 5.74) is 0.857. The van der Waals surface area contributed by atoms with Crippen LogP contribution in [-0.4, -0.2) is 19.5 Å². The number of sulfonamides is 1. The third-order valence-electron chi connectivity index (χ3n) is 2.77. The second-order valence-corrected chi connectivity index (χ2v) is 5.94. The highest BCUT2D eigenvalue weighted by molar-refractivity contribution is 7.92. The molecule has 0 aliphatic rings. The van der Waals surface area contributed by atoms with E-state index in [0.29, 0.717) is 5.56 Å². The molecule has 0 atom stereocenters. The molecule has 0 saturated carbocycles. The van der Waals surface area contributed by atoms with Crippen molar-refractivity contribution in [2.45, 2.75) is 11.8 Å². The van der Waals surface area contributed by atoms with Crippen LogP contribution >= 0.6 is 0 Å². The molecule has 2 aromatic rings. The highest BCUT2D eigenvalue weighted by atomic mass is 32.2. The number of benzene rings is 2. The lowest BCUT2D eigenvalue weighted by atomic mass is 10.1. The van der Waals surface area contributed by atoms with Gasteiger partial charge in [-0.05, 0) is 36.8 Å². The molecule has 0 bridgehead atoms. The summed E-state index contributed by atoms with van der Waals surface area (Å²) in [5.74, 6) is -1.09. The zero-order valence-corrected chi connectivity index (χ0v) is 11.5. The molecule has 2 rings (SSSR count). The molecular formula is C14H13NO4S. The second-order valence-electron chi connectivity index (χ2n) is 4.25. The summed E-state index contributed by atoms with van der Waals surface area (Å²) in [5, 5.41) is 9.03. The zero-order valence-electron chi connectivity index (χ0n) is 10.7.